The number of benzene rings is 10. The number of hydrogen-bond acceptors (Lipinski definition) is 1. The van der Waals surface area contributed by atoms with E-state index in [2.05, 4.69) is 205 Å². The predicted molar refractivity (Wildman–Crippen MR) is 220 cm³/mol. The largest absolute Gasteiger partial charge is 0.310 e. The van der Waals surface area contributed by atoms with E-state index in [9.17, 15) is 0 Å². The van der Waals surface area contributed by atoms with Crippen molar-refractivity contribution in [2.45, 2.75) is 0 Å². The topological polar surface area (TPSA) is 3.24 Å². The molecule has 0 saturated carbocycles. The lowest BCUT2D eigenvalue weighted by molar-refractivity contribution is 1.29. The van der Waals surface area contributed by atoms with Crippen molar-refractivity contribution < 1.29 is 0 Å². The molecule has 0 aromatic heterocycles. The molecule has 0 radical (unpaired) electrons. The highest BCUT2D eigenvalue weighted by molar-refractivity contribution is 6.25. The molecule has 10 rings (SSSR count). The Morgan fingerprint density at radius 1 is 0.255 bits per heavy atom. The Morgan fingerprint density at radius 2 is 0.725 bits per heavy atom. The molecule has 0 heterocycles. The minimum atomic E-state index is 1.13. The van der Waals surface area contributed by atoms with Crippen LogP contribution in [-0.4, -0.2) is 0 Å². The summed E-state index contributed by atoms with van der Waals surface area (Å²) in [4.78, 5) is 2.35. The van der Waals surface area contributed by atoms with Crippen molar-refractivity contribution in [1.29, 1.82) is 0 Å². The van der Waals surface area contributed by atoms with Gasteiger partial charge in [0.1, 0.15) is 0 Å². The fourth-order valence-corrected chi connectivity index (χ4v) is 7.96. The van der Waals surface area contributed by atoms with Gasteiger partial charge >= 0.3 is 0 Å². The van der Waals surface area contributed by atoms with Crippen molar-refractivity contribution in [3.8, 4) is 22.3 Å². The van der Waals surface area contributed by atoms with E-state index in [4.69, 9.17) is 0 Å². The van der Waals surface area contributed by atoms with Crippen LogP contribution in [-0.2, 0) is 0 Å². The molecule has 0 fully saturated rings. The van der Waals surface area contributed by atoms with E-state index in [1.807, 2.05) is 0 Å². The Balaban J connectivity index is 1.13. The average Bonchev–Trinajstić information content (AvgIpc) is 3.20. The van der Waals surface area contributed by atoms with Crippen molar-refractivity contribution in [2.24, 2.45) is 0 Å². The summed E-state index contributed by atoms with van der Waals surface area (Å²) in [5.41, 5.74) is 8.38. The quantitative estimate of drug-likeness (QED) is 0.168. The first-order chi connectivity index (χ1) is 25.3. The molecule has 238 valence electrons. The van der Waals surface area contributed by atoms with Gasteiger partial charge in [0.25, 0.3) is 0 Å². The van der Waals surface area contributed by atoms with Gasteiger partial charge in [-0.1, -0.05) is 146 Å². The van der Waals surface area contributed by atoms with Crippen LogP contribution in [0.2, 0.25) is 0 Å². The highest BCUT2D eigenvalue weighted by atomic mass is 15.1. The van der Waals surface area contributed by atoms with Gasteiger partial charge in [-0.25, -0.2) is 0 Å². The summed E-state index contributed by atoms with van der Waals surface area (Å²) in [5, 5.41) is 12.6. The van der Waals surface area contributed by atoms with Crippen LogP contribution in [0.15, 0.2) is 200 Å². The zero-order valence-corrected chi connectivity index (χ0v) is 28.0. The third-order valence-electron chi connectivity index (χ3n) is 10.3. The molecule has 0 aliphatic heterocycles. The van der Waals surface area contributed by atoms with Crippen LogP contribution in [0.3, 0.4) is 0 Å². The second-order valence-electron chi connectivity index (χ2n) is 13.4. The molecule has 1 nitrogen and oxygen atoms in total. The van der Waals surface area contributed by atoms with Crippen LogP contribution >= 0.6 is 0 Å². The van der Waals surface area contributed by atoms with E-state index in [1.54, 1.807) is 0 Å². The molecule has 0 unspecified atom stereocenters. The Kier molecular flexibility index (Phi) is 6.89. The predicted octanol–water partition coefficient (Wildman–Crippen LogP) is 14.3. The first-order valence-corrected chi connectivity index (χ1v) is 17.6. The summed E-state index contributed by atoms with van der Waals surface area (Å²) in [7, 11) is 0. The number of anilines is 3. The van der Waals surface area contributed by atoms with Crippen LogP contribution in [0, 0.1) is 0 Å². The van der Waals surface area contributed by atoms with Crippen LogP contribution < -0.4 is 4.90 Å². The van der Waals surface area contributed by atoms with Gasteiger partial charge in [-0.2, -0.15) is 0 Å². The van der Waals surface area contributed by atoms with Crippen LogP contribution in [0.1, 0.15) is 0 Å². The second kappa shape index (κ2) is 12.0. The van der Waals surface area contributed by atoms with E-state index in [0.717, 1.165) is 17.1 Å². The standard InChI is InChI=1S/C50H33N/c1-3-14-35(15-4-1)48-32-40-33-49(45-20-10-12-22-47(45)50(40)46-21-11-9-19-44(46)48)39-24-23-38-31-43(28-26-37(38)29-39)51(41-17-5-2-6-18-41)42-27-25-34-13-7-8-16-36(34)30-42/h1-33H. The fraction of sp³-hybridized carbons (Fsp3) is 0. The molecule has 1 heteroatoms. The molecule has 0 amide bonds. The summed E-state index contributed by atoms with van der Waals surface area (Å²) in [5.74, 6) is 0. The summed E-state index contributed by atoms with van der Waals surface area (Å²) in [6.07, 6.45) is 0. The zero-order chi connectivity index (χ0) is 33.7. The molecule has 0 atom stereocenters. The van der Waals surface area contributed by atoms with Crippen LogP contribution in [0.4, 0.5) is 17.1 Å². The van der Waals surface area contributed by atoms with Gasteiger partial charge in [-0.3, -0.25) is 0 Å². The van der Waals surface area contributed by atoms with Gasteiger partial charge in [0, 0.05) is 17.1 Å². The van der Waals surface area contributed by atoms with Crippen molar-refractivity contribution in [3.63, 3.8) is 0 Å². The van der Waals surface area contributed by atoms with Crippen molar-refractivity contribution in [2.75, 3.05) is 4.90 Å². The number of rotatable bonds is 5. The Hall–Kier alpha value is -6.70. The fourth-order valence-electron chi connectivity index (χ4n) is 7.96. The van der Waals surface area contributed by atoms with E-state index in [0.29, 0.717) is 0 Å². The molecule has 51 heavy (non-hydrogen) atoms. The second-order valence-corrected chi connectivity index (χ2v) is 13.4. The molecule has 10 aromatic carbocycles. The third-order valence-corrected chi connectivity index (χ3v) is 10.3. The van der Waals surface area contributed by atoms with Crippen molar-refractivity contribution >= 4 is 70.9 Å². The number of hydrogen-bond donors (Lipinski definition) is 0. The molecule has 0 saturated heterocycles. The first kappa shape index (κ1) is 29.2. The molecule has 10 aromatic rings. The van der Waals surface area contributed by atoms with Crippen LogP contribution in [0.25, 0.3) is 76.1 Å². The van der Waals surface area contributed by atoms with Gasteiger partial charge in [0.05, 0.1) is 0 Å². The minimum absolute atomic E-state index is 1.13. The van der Waals surface area contributed by atoms with E-state index in [1.165, 1.54) is 76.1 Å². The monoisotopic (exact) mass is 647 g/mol. The van der Waals surface area contributed by atoms with Crippen molar-refractivity contribution in [1.82, 2.24) is 0 Å². The van der Waals surface area contributed by atoms with E-state index < -0.39 is 0 Å². The maximum absolute atomic E-state index is 2.41. The number of fused-ring (bicyclic) bond motifs is 7. The third kappa shape index (κ3) is 5.02. The molecule has 0 aliphatic rings. The van der Waals surface area contributed by atoms with Gasteiger partial charge in [0.15, 0.2) is 0 Å². The van der Waals surface area contributed by atoms with Gasteiger partial charge in [0.2, 0.25) is 0 Å². The Bertz CT molecular complexity index is 2910. The van der Waals surface area contributed by atoms with Gasteiger partial charge < -0.3 is 4.90 Å². The van der Waals surface area contributed by atoms with Crippen molar-refractivity contribution in [3.05, 3.63) is 200 Å². The number of para-hydroxylation sites is 1. The number of nitrogens with zero attached hydrogens (tertiary/aromatic N) is 1. The minimum Gasteiger partial charge on any atom is -0.310 e. The zero-order valence-electron chi connectivity index (χ0n) is 28.0. The molecular formula is C50H33N. The lowest BCUT2D eigenvalue weighted by Gasteiger charge is -2.26. The molecular weight excluding hydrogens is 615 g/mol. The average molecular weight is 648 g/mol. The molecule has 0 spiro atoms. The molecule has 0 aliphatic carbocycles. The first-order valence-electron chi connectivity index (χ1n) is 17.6. The Morgan fingerprint density at radius 3 is 1.39 bits per heavy atom. The maximum atomic E-state index is 2.41. The lowest BCUT2D eigenvalue weighted by Crippen LogP contribution is -2.09. The maximum Gasteiger partial charge on any atom is 0.0468 e. The summed E-state index contributed by atoms with van der Waals surface area (Å²) >= 11 is 0. The lowest BCUT2D eigenvalue weighted by atomic mass is 9.87. The highest BCUT2D eigenvalue weighted by Gasteiger charge is 2.16. The van der Waals surface area contributed by atoms with E-state index >= 15 is 0 Å². The van der Waals surface area contributed by atoms with Gasteiger partial charge in [-0.05, 0) is 131 Å². The highest BCUT2D eigenvalue weighted by Crippen LogP contribution is 2.43. The Labute approximate surface area is 297 Å². The smallest absolute Gasteiger partial charge is 0.0468 e. The van der Waals surface area contributed by atoms with E-state index in [-0.39, 0.29) is 0 Å². The SMILES string of the molecule is c1ccc(-c2cc3cc(-c4ccc5cc(N(c6ccccc6)c6ccc7ccccc7c6)ccc5c4)c4ccccc4c3c3ccccc23)cc1. The summed E-state index contributed by atoms with van der Waals surface area (Å²) in [6.45, 7) is 0. The molecule has 0 N–H and O–H groups in total. The summed E-state index contributed by atoms with van der Waals surface area (Å²) < 4.78 is 0. The van der Waals surface area contributed by atoms with Gasteiger partial charge in [-0.15, -0.1) is 0 Å². The normalized spacial score (nSPS) is 11.5. The molecule has 0 bridgehead atoms. The summed E-state index contributed by atoms with van der Waals surface area (Å²) in [6, 6.07) is 73.0. The van der Waals surface area contributed by atoms with Crippen LogP contribution in [0.5, 0.6) is 0 Å².